The molecule has 1 aliphatic heterocycles. The summed E-state index contributed by atoms with van der Waals surface area (Å²) in [6, 6.07) is 0. The summed E-state index contributed by atoms with van der Waals surface area (Å²) >= 11 is 2.04. The van der Waals surface area contributed by atoms with Crippen LogP contribution < -0.4 is 0 Å². The van der Waals surface area contributed by atoms with E-state index < -0.39 is 0 Å². The minimum absolute atomic E-state index is 0.721. The van der Waals surface area contributed by atoms with Crippen LogP contribution in [0.5, 0.6) is 0 Å². The molecule has 3 heteroatoms. The molecule has 1 fully saturated rings. The molecule has 1 N–H and O–H groups in total. The lowest BCUT2D eigenvalue weighted by Crippen LogP contribution is -1.82. The zero-order valence-corrected chi connectivity index (χ0v) is 6.53. The molecule has 1 aromatic heterocycles. The molecule has 10 heavy (non-hydrogen) atoms. The predicted octanol–water partition coefficient (Wildman–Crippen LogP) is 1.98. The van der Waals surface area contributed by atoms with E-state index >= 15 is 0 Å². The standard InChI is InChI=1S/C7H10N2S/c1-2-7(10-3-1)6-4-8-9-5-6/h4-5,7H,1-3H2,(H,8,9). The minimum Gasteiger partial charge on any atom is -0.285 e. The van der Waals surface area contributed by atoms with E-state index in [-0.39, 0.29) is 0 Å². The Balaban J connectivity index is 2.12. The van der Waals surface area contributed by atoms with E-state index in [0.29, 0.717) is 0 Å². The number of rotatable bonds is 1. The van der Waals surface area contributed by atoms with Crippen LogP contribution in [0.15, 0.2) is 12.4 Å². The van der Waals surface area contributed by atoms with Crippen molar-refractivity contribution < 1.29 is 0 Å². The molecule has 0 saturated carbocycles. The number of thioether (sulfide) groups is 1. The number of aromatic nitrogens is 2. The van der Waals surface area contributed by atoms with Gasteiger partial charge in [0.2, 0.25) is 0 Å². The second kappa shape index (κ2) is 2.66. The van der Waals surface area contributed by atoms with E-state index in [4.69, 9.17) is 0 Å². The van der Waals surface area contributed by atoms with Gasteiger partial charge in [-0.15, -0.1) is 0 Å². The summed E-state index contributed by atoms with van der Waals surface area (Å²) in [6.07, 6.45) is 6.62. The van der Waals surface area contributed by atoms with E-state index in [1.54, 1.807) is 0 Å². The number of H-pyrrole nitrogens is 1. The fraction of sp³-hybridized carbons (Fsp3) is 0.571. The van der Waals surface area contributed by atoms with Crippen molar-refractivity contribution in [3.63, 3.8) is 0 Å². The summed E-state index contributed by atoms with van der Waals surface area (Å²) in [7, 11) is 0. The highest BCUT2D eigenvalue weighted by atomic mass is 32.2. The van der Waals surface area contributed by atoms with E-state index in [1.807, 2.05) is 24.2 Å². The topological polar surface area (TPSA) is 28.7 Å². The van der Waals surface area contributed by atoms with Gasteiger partial charge >= 0.3 is 0 Å². The fourth-order valence-electron chi connectivity index (χ4n) is 1.28. The molecular weight excluding hydrogens is 144 g/mol. The van der Waals surface area contributed by atoms with Crippen LogP contribution in [0.3, 0.4) is 0 Å². The van der Waals surface area contributed by atoms with E-state index in [0.717, 1.165) is 5.25 Å². The van der Waals surface area contributed by atoms with Gasteiger partial charge in [0.15, 0.2) is 0 Å². The van der Waals surface area contributed by atoms with Gasteiger partial charge in [-0.25, -0.2) is 0 Å². The summed E-state index contributed by atoms with van der Waals surface area (Å²) in [4.78, 5) is 0. The van der Waals surface area contributed by atoms with Gasteiger partial charge in [0, 0.05) is 17.0 Å². The highest BCUT2D eigenvalue weighted by molar-refractivity contribution is 7.99. The minimum atomic E-state index is 0.721. The van der Waals surface area contributed by atoms with Gasteiger partial charge in [-0.3, -0.25) is 5.10 Å². The van der Waals surface area contributed by atoms with Gasteiger partial charge in [0.25, 0.3) is 0 Å². The highest BCUT2D eigenvalue weighted by Gasteiger charge is 2.17. The Morgan fingerprint density at radius 1 is 1.70 bits per heavy atom. The Morgan fingerprint density at radius 2 is 2.70 bits per heavy atom. The van der Waals surface area contributed by atoms with Crippen molar-refractivity contribution in [3.05, 3.63) is 18.0 Å². The molecular formula is C7H10N2S. The summed E-state index contributed by atoms with van der Waals surface area (Å²) in [6.45, 7) is 0. The first-order valence-corrected chi connectivity index (χ1v) is 4.62. The van der Waals surface area contributed by atoms with Crippen LogP contribution in [0.1, 0.15) is 23.7 Å². The second-order valence-electron chi connectivity index (χ2n) is 2.53. The highest BCUT2D eigenvalue weighted by Crippen LogP contribution is 2.39. The van der Waals surface area contributed by atoms with Gasteiger partial charge in [0.1, 0.15) is 0 Å². The molecule has 0 aliphatic carbocycles. The maximum atomic E-state index is 3.93. The van der Waals surface area contributed by atoms with Crippen LogP contribution in [0.25, 0.3) is 0 Å². The number of aromatic amines is 1. The Morgan fingerprint density at radius 3 is 3.30 bits per heavy atom. The Kier molecular flexibility index (Phi) is 1.67. The monoisotopic (exact) mass is 154 g/mol. The molecule has 1 aliphatic rings. The molecule has 2 nitrogen and oxygen atoms in total. The van der Waals surface area contributed by atoms with Crippen molar-refractivity contribution in [1.29, 1.82) is 0 Å². The van der Waals surface area contributed by atoms with Crippen LogP contribution in [-0.2, 0) is 0 Å². The second-order valence-corrected chi connectivity index (χ2v) is 3.84. The van der Waals surface area contributed by atoms with Crippen molar-refractivity contribution in [2.75, 3.05) is 5.75 Å². The number of hydrogen-bond acceptors (Lipinski definition) is 2. The van der Waals surface area contributed by atoms with Crippen LogP contribution >= 0.6 is 11.8 Å². The van der Waals surface area contributed by atoms with Gasteiger partial charge in [0.05, 0.1) is 6.20 Å². The normalized spacial score (nSPS) is 25.4. The van der Waals surface area contributed by atoms with Crippen molar-refractivity contribution in [2.45, 2.75) is 18.1 Å². The predicted molar refractivity (Wildman–Crippen MR) is 43.0 cm³/mol. The zero-order valence-electron chi connectivity index (χ0n) is 5.71. The van der Waals surface area contributed by atoms with Gasteiger partial charge in [-0.2, -0.15) is 16.9 Å². The average Bonchev–Trinajstić information content (AvgIpc) is 2.59. The number of hydrogen-bond donors (Lipinski definition) is 1. The van der Waals surface area contributed by atoms with E-state index in [2.05, 4.69) is 10.2 Å². The zero-order chi connectivity index (χ0) is 6.81. The molecule has 2 heterocycles. The first-order valence-electron chi connectivity index (χ1n) is 3.57. The summed E-state index contributed by atoms with van der Waals surface area (Å²) < 4.78 is 0. The third-order valence-electron chi connectivity index (χ3n) is 1.82. The van der Waals surface area contributed by atoms with Gasteiger partial charge < -0.3 is 0 Å². The largest absolute Gasteiger partial charge is 0.285 e. The van der Waals surface area contributed by atoms with E-state index in [1.165, 1.54) is 24.2 Å². The van der Waals surface area contributed by atoms with Crippen LogP contribution in [0.2, 0.25) is 0 Å². The third kappa shape index (κ3) is 1.06. The maximum Gasteiger partial charge on any atom is 0.0530 e. The summed E-state index contributed by atoms with van der Waals surface area (Å²) in [5.74, 6) is 1.32. The van der Waals surface area contributed by atoms with Crippen molar-refractivity contribution in [3.8, 4) is 0 Å². The Bertz CT molecular complexity index is 189. The fourth-order valence-corrected chi connectivity index (χ4v) is 2.55. The summed E-state index contributed by atoms with van der Waals surface area (Å²) in [5.41, 5.74) is 1.36. The molecule has 1 atom stereocenters. The van der Waals surface area contributed by atoms with Crippen LogP contribution in [0, 0.1) is 0 Å². The van der Waals surface area contributed by atoms with Crippen LogP contribution in [-0.4, -0.2) is 16.0 Å². The number of nitrogens with one attached hydrogen (secondary N) is 1. The molecule has 0 bridgehead atoms. The average molecular weight is 154 g/mol. The molecule has 0 amide bonds. The molecule has 1 saturated heterocycles. The van der Waals surface area contributed by atoms with Crippen LogP contribution in [0.4, 0.5) is 0 Å². The molecule has 0 aromatic carbocycles. The lowest BCUT2D eigenvalue weighted by molar-refractivity contribution is 0.830. The molecule has 0 spiro atoms. The van der Waals surface area contributed by atoms with Gasteiger partial charge in [-0.1, -0.05) is 0 Å². The van der Waals surface area contributed by atoms with Crippen molar-refractivity contribution >= 4 is 11.8 Å². The first-order chi connectivity index (χ1) is 4.97. The molecule has 1 aromatic rings. The van der Waals surface area contributed by atoms with Crippen molar-refractivity contribution in [2.24, 2.45) is 0 Å². The lowest BCUT2D eigenvalue weighted by Gasteiger charge is -2.01. The third-order valence-corrected chi connectivity index (χ3v) is 3.26. The lowest BCUT2D eigenvalue weighted by atomic mass is 10.2. The molecule has 1 unspecified atom stereocenters. The van der Waals surface area contributed by atoms with Gasteiger partial charge in [-0.05, 0) is 18.6 Å². The SMILES string of the molecule is c1n[nH]cc1C1CCCS1. The first kappa shape index (κ1) is 6.28. The van der Waals surface area contributed by atoms with Crippen molar-refractivity contribution in [1.82, 2.24) is 10.2 Å². The smallest absolute Gasteiger partial charge is 0.0530 e. The maximum absolute atomic E-state index is 3.93. The Hall–Kier alpha value is -0.440. The molecule has 0 radical (unpaired) electrons. The molecule has 54 valence electrons. The quantitative estimate of drug-likeness (QED) is 0.670. The Labute approximate surface area is 64.4 Å². The van der Waals surface area contributed by atoms with E-state index in [9.17, 15) is 0 Å². The molecule has 2 rings (SSSR count). The summed E-state index contributed by atoms with van der Waals surface area (Å²) in [5, 5.41) is 7.49. The number of nitrogens with zero attached hydrogens (tertiary/aromatic N) is 1.